The third kappa shape index (κ3) is 3.22. The highest BCUT2D eigenvalue weighted by atomic mass is 16.4. The van der Waals surface area contributed by atoms with Crippen LogP contribution in [-0.4, -0.2) is 22.1 Å². The Kier molecular flexibility index (Phi) is 3.52. The summed E-state index contributed by atoms with van der Waals surface area (Å²) in [7, 11) is 0. The summed E-state index contributed by atoms with van der Waals surface area (Å²) < 4.78 is 0. The van der Waals surface area contributed by atoms with Gasteiger partial charge < -0.3 is 10.4 Å². The van der Waals surface area contributed by atoms with E-state index in [0.29, 0.717) is 5.82 Å². The molecule has 0 saturated heterocycles. The molecule has 88 valence electrons. The van der Waals surface area contributed by atoms with E-state index in [2.05, 4.69) is 10.3 Å². The van der Waals surface area contributed by atoms with Gasteiger partial charge in [0.15, 0.2) is 0 Å². The van der Waals surface area contributed by atoms with Crippen molar-refractivity contribution in [3.8, 4) is 0 Å². The number of aliphatic carboxylic acids is 1. The van der Waals surface area contributed by atoms with Crippen LogP contribution in [0.15, 0.2) is 18.2 Å². The number of pyridine rings is 1. The average molecular weight is 222 g/mol. The first-order valence-electron chi connectivity index (χ1n) is 5.23. The number of carbonyl (C=O) groups is 1. The third-order valence-electron chi connectivity index (χ3n) is 2.29. The standard InChI is InChI=1S/C12H18N2O2/c1-8-6-5-7-9(13-8)14-10(11(15)16)12(2,3)4/h5-7,10H,1-4H3,(H,13,14)(H,15,16). The Labute approximate surface area is 95.7 Å². The third-order valence-corrected chi connectivity index (χ3v) is 2.29. The molecule has 1 atom stereocenters. The van der Waals surface area contributed by atoms with Crippen molar-refractivity contribution in [3.05, 3.63) is 23.9 Å². The van der Waals surface area contributed by atoms with Gasteiger partial charge in [0, 0.05) is 5.69 Å². The van der Waals surface area contributed by atoms with Crippen LogP contribution in [0.5, 0.6) is 0 Å². The number of carboxylic acid groups (broad SMARTS) is 1. The first-order chi connectivity index (χ1) is 7.30. The van der Waals surface area contributed by atoms with E-state index in [0.717, 1.165) is 5.69 Å². The smallest absolute Gasteiger partial charge is 0.326 e. The van der Waals surface area contributed by atoms with Crippen LogP contribution in [0.3, 0.4) is 0 Å². The van der Waals surface area contributed by atoms with Gasteiger partial charge >= 0.3 is 5.97 Å². The van der Waals surface area contributed by atoms with E-state index in [9.17, 15) is 4.79 Å². The number of aryl methyl sites for hydroxylation is 1. The summed E-state index contributed by atoms with van der Waals surface area (Å²) >= 11 is 0. The van der Waals surface area contributed by atoms with Gasteiger partial charge in [0.05, 0.1) is 0 Å². The lowest BCUT2D eigenvalue weighted by Gasteiger charge is -2.28. The van der Waals surface area contributed by atoms with Gasteiger partial charge in [0.2, 0.25) is 0 Å². The number of hydrogen-bond acceptors (Lipinski definition) is 3. The van der Waals surface area contributed by atoms with Crippen LogP contribution in [0.1, 0.15) is 26.5 Å². The molecule has 0 aliphatic carbocycles. The fourth-order valence-corrected chi connectivity index (χ4v) is 1.42. The number of nitrogens with zero attached hydrogens (tertiary/aromatic N) is 1. The molecular weight excluding hydrogens is 204 g/mol. The highest BCUT2D eigenvalue weighted by molar-refractivity contribution is 5.77. The lowest BCUT2D eigenvalue weighted by molar-refractivity contribution is -0.140. The van der Waals surface area contributed by atoms with Crippen LogP contribution in [0.4, 0.5) is 5.82 Å². The van der Waals surface area contributed by atoms with Crippen LogP contribution in [0.25, 0.3) is 0 Å². The molecular formula is C12H18N2O2. The van der Waals surface area contributed by atoms with Gasteiger partial charge in [0.1, 0.15) is 11.9 Å². The molecule has 1 aromatic heterocycles. The molecule has 1 heterocycles. The van der Waals surface area contributed by atoms with Crippen LogP contribution in [0.2, 0.25) is 0 Å². The van der Waals surface area contributed by atoms with E-state index < -0.39 is 12.0 Å². The van der Waals surface area contributed by atoms with Gasteiger partial charge in [-0.25, -0.2) is 9.78 Å². The summed E-state index contributed by atoms with van der Waals surface area (Å²) in [5.41, 5.74) is 0.500. The summed E-state index contributed by atoms with van der Waals surface area (Å²) in [6, 6.07) is 4.85. The van der Waals surface area contributed by atoms with Crippen molar-refractivity contribution < 1.29 is 9.90 Å². The molecule has 1 aromatic rings. The average Bonchev–Trinajstić information content (AvgIpc) is 2.12. The van der Waals surface area contributed by atoms with E-state index in [4.69, 9.17) is 5.11 Å². The molecule has 0 aliphatic rings. The molecule has 0 fully saturated rings. The van der Waals surface area contributed by atoms with Gasteiger partial charge in [0.25, 0.3) is 0 Å². The lowest BCUT2D eigenvalue weighted by atomic mass is 9.87. The molecule has 0 radical (unpaired) electrons. The SMILES string of the molecule is Cc1cccc(NC(C(=O)O)C(C)(C)C)n1. The predicted molar refractivity (Wildman–Crippen MR) is 63.5 cm³/mol. The summed E-state index contributed by atoms with van der Waals surface area (Å²) in [6.07, 6.45) is 0. The monoisotopic (exact) mass is 222 g/mol. The molecule has 2 N–H and O–H groups in total. The van der Waals surface area contributed by atoms with Crippen LogP contribution < -0.4 is 5.32 Å². The molecule has 0 saturated carbocycles. The molecule has 4 heteroatoms. The summed E-state index contributed by atoms with van der Waals surface area (Å²) in [4.78, 5) is 15.4. The van der Waals surface area contributed by atoms with Crippen molar-refractivity contribution in [3.63, 3.8) is 0 Å². The second kappa shape index (κ2) is 4.51. The van der Waals surface area contributed by atoms with E-state index in [1.807, 2.05) is 39.8 Å². The quantitative estimate of drug-likeness (QED) is 0.823. The summed E-state index contributed by atoms with van der Waals surface area (Å²) in [6.45, 7) is 7.52. The van der Waals surface area contributed by atoms with E-state index in [-0.39, 0.29) is 5.41 Å². The molecule has 1 rings (SSSR count). The van der Waals surface area contributed by atoms with Gasteiger partial charge in [-0.1, -0.05) is 26.8 Å². The fraction of sp³-hybridized carbons (Fsp3) is 0.500. The minimum absolute atomic E-state index is 0.364. The van der Waals surface area contributed by atoms with Crippen LogP contribution in [-0.2, 0) is 4.79 Å². The van der Waals surface area contributed by atoms with Crippen molar-refractivity contribution >= 4 is 11.8 Å². The number of anilines is 1. The Bertz CT molecular complexity index is 383. The number of nitrogens with one attached hydrogen (secondary N) is 1. The zero-order chi connectivity index (χ0) is 12.3. The van der Waals surface area contributed by atoms with E-state index in [1.54, 1.807) is 6.07 Å². The molecule has 0 aliphatic heterocycles. The number of carboxylic acids is 1. The predicted octanol–water partition coefficient (Wildman–Crippen LogP) is 2.30. The maximum atomic E-state index is 11.1. The zero-order valence-corrected chi connectivity index (χ0v) is 10.1. The Morgan fingerprint density at radius 2 is 2.06 bits per heavy atom. The first-order valence-corrected chi connectivity index (χ1v) is 5.23. The largest absolute Gasteiger partial charge is 0.480 e. The Balaban J connectivity index is 2.89. The molecule has 16 heavy (non-hydrogen) atoms. The van der Waals surface area contributed by atoms with Crippen LogP contribution >= 0.6 is 0 Å². The van der Waals surface area contributed by atoms with E-state index >= 15 is 0 Å². The maximum Gasteiger partial charge on any atom is 0.326 e. The normalized spacial score (nSPS) is 13.2. The molecule has 0 bridgehead atoms. The molecule has 0 amide bonds. The van der Waals surface area contributed by atoms with Crippen molar-refractivity contribution in [2.24, 2.45) is 5.41 Å². The van der Waals surface area contributed by atoms with Crippen molar-refractivity contribution in [2.75, 3.05) is 5.32 Å². The second-order valence-corrected chi connectivity index (χ2v) is 4.95. The van der Waals surface area contributed by atoms with Crippen molar-refractivity contribution in [1.82, 2.24) is 4.98 Å². The Morgan fingerprint density at radius 1 is 1.44 bits per heavy atom. The van der Waals surface area contributed by atoms with Gasteiger partial charge in [-0.3, -0.25) is 0 Å². The Hall–Kier alpha value is -1.58. The minimum Gasteiger partial charge on any atom is -0.480 e. The summed E-state index contributed by atoms with van der Waals surface area (Å²) in [5.74, 6) is -0.266. The topological polar surface area (TPSA) is 62.2 Å². The zero-order valence-electron chi connectivity index (χ0n) is 10.1. The fourth-order valence-electron chi connectivity index (χ4n) is 1.42. The summed E-state index contributed by atoms with van der Waals surface area (Å²) in [5, 5.41) is 12.1. The molecule has 0 aromatic carbocycles. The highest BCUT2D eigenvalue weighted by Gasteiger charge is 2.31. The number of hydrogen-bond donors (Lipinski definition) is 2. The number of rotatable bonds is 3. The van der Waals surface area contributed by atoms with Crippen LogP contribution in [0, 0.1) is 12.3 Å². The van der Waals surface area contributed by atoms with Gasteiger partial charge in [-0.05, 0) is 24.5 Å². The first kappa shape index (κ1) is 12.5. The molecule has 1 unspecified atom stereocenters. The van der Waals surface area contributed by atoms with E-state index in [1.165, 1.54) is 0 Å². The van der Waals surface area contributed by atoms with Gasteiger partial charge in [-0.15, -0.1) is 0 Å². The number of aromatic nitrogens is 1. The maximum absolute atomic E-state index is 11.1. The molecule has 0 spiro atoms. The van der Waals surface area contributed by atoms with Crippen molar-refractivity contribution in [2.45, 2.75) is 33.7 Å². The molecule has 4 nitrogen and oxygen atoms in total. The second-order valence-electron chi connectivity index (χ2n) is 4.95. The highest BCUT2D eigenvalue weighted by Crippen LogP contribution is 2.22. The Morgan fingerprint density at radius 3 is 2.50 bits per heavy atom. The van der Waals surface area contributed by atoms with Crippen molar-refractivity contribution in [1.29, 1.82) is 0 Å². The van der Waals surface area contributed by atoms with Gasteiger partial charge in [-0.2, -0.15) is 0 Å². The minimum atomic E-state index is -0.865. The lowest BCUT2D eigenvalue weighted by Crippen LogP contribution is -2.41.